The van der Waals surface area contributed by atoms with Crippen LogP contribution in [-0.4, -0.2) is 83.8 Å². The van der Waals surface area contributed by atoms with E-state index in [2.05, 4.69) is 11.4 Å². The van der Waals surface area contributed by atoms with Gasteiger partial charge in [-0.3, -0.25) is 14.4 Å². The number of carbonyl (C=O) groups is 3. The van der Waals surface area contributed by atoms with Crippen molar-refractivity contribution in [3.63, 3.8) is 0 Å². The van der Waals surface area contributed by atoms with Gasteiger partial charge in [-0.15, -0.1) is 12.4 Å². The van der Waals surface area contributed by atoms with E-state index in [0.29, 0.717) is 32.7 Å². The number of carbonyl (C=O) groups excluding carboxylic acids is 3. The number of likely N-dealkylation sites (tertiary alicyclic amines) is 1. The van der Waals surface area contributed by atoms with Gasteiger partial charge < -0.3 is 20.0 Å². The van der Waals surface area contributed by atoms with Crippen LogP contribution in [0.15, 0.2) is 0 Å². The Hall–Kier alpha value is -1.85. The predicted octanol–water partition coefficient (Wildman–Crippen LogP) is 0.762. The molecule has 3 rings (SSSR count). The highest BCUT2D eigenvalue weighted by Crippen LogP contribution is 2.26. The molecule has 3 amide bonds. The second kappa shape index (κ2) is 10.8. The zero-order chi connectivity index (χ0) is 20.1. The van der Waals surface area contributed by atoms with Crippen molar-refractivity contribution in [3.8, 4) is 6.07 Å². The summed E-state index contributed by atoms with van der Waals surface area (Å²) in [4.78, 5) is 41.9. The van der Waals surface area contributed by atoms with Crippen LogP contribution in [-0.2, 0) is 14.4 Å². The fourth-order valence-electron chi connectivity index (χ4n) is 4.58. The molecular weight excluding hydrogens is 394 g/mol. The van der Waals surface area contributed by atoms with Crippen LogP contribution in [0.3, 0.4) is 0 Å². The summed E-state index contributed by atoms with van der Waals surface area (Å²) in [6.45, 7) is 5.02. The van der Waals surface area contributed by atoms with Crippen molar-refractivity contribution in [3.05, 3.63) is 0 Å². The Balaban J connectivity index is 0.00000300. The maximum Gasteiger partial charge on any atom is 0.237 e. The molecule has 0 bridgehead atoms. The normalized spacial score (nSPS) is 27.2. The molecule has 1 atom stereocenters. The van der Waals surface area contributed by atoms with Gasteiger partial charge in [-0.25, -0.2) is 0 Å². The lowest BCUT2D eigenvalue weighted by atomic mass is 9.85. The lowest BCUT2D eigenvalue weighted by Gasteiger charge is -2.37. The first-order valence-corrected chi connectivity index (χ1v) is 10.5. The highest BCUT2D eigenvalue weighted by Gasteiger charge is 2.32. The third-order valence-electron chi connectivity index (χ3n) is 6.38. The highest BCUT2D eigenvalue weighted by molar-refractivity contribution is 5.85. The third kappa shape index (κ3) is 5.83. The lowest BCUT2D eigenvalue weighted by molar-refractivity contribution is -0.142. The molecule has 3 fully saturated rings. The Labute approximate surface area is 179 Å². The Morgan fingerprint density at radius 2 is 1.59 bits per heavy atom. The van der Waals surface area contributed by atoms with Crippen molar-refractivity contribution in [2.45, 2.75) is 57.5 Å². The molecule has 29 heavy (non-hydrogen) atoms. The number of nitrogens with one attached hydrogen (secondary N) is 1. The fraction of sp³-hybridized carbons (Fsp3) is 0.800. The molecule has 8 nitrogen and oxygen atoms in total. The Kier molecular flexibility index (Phi) is 8.72. The van der Waals surface area contributed by atoms with E-state index in [1.807, 2.05) is 4.90 Å². The van der Waals surface area contributed by atoms with E-state index >= 15 is 0 Å². The minimum absolute atomic E-state index is 0. The van der Waals surface area contributed by atoms with E-state index in [-0.39, 0.29) is 54.7 Å². The van der Waals surface area contributed by atoms with E-state index in [9.17, 15) is 14.4 Å². The maximum atomic E-state index is 12.8. The number of nitrogens with zero attached hydrogens (tertiary/aromatic N) is 4. The van der Waals surface area contributed by atoms with Crippen LogP contribution >= 0.6 is 12.4 Å². The van der Waals surface area contributed by atoms with Crippen molar-refractivity contribution in [2.24, 2.45) is 5.92 Å². The Morgan fingerprint density at radius 1 is 0.966 bits per heavy atom. The van der Waals surface area contributed by atoms with Gasteiger partial charge in [0.25, 0.3) is 0 Å². The molecule has 2 saturated heterocycles. The molecule has 0 aromatic carbocycles. The molecule has 9 heteroatoms. The highest BCUT2D eigenvalue weighted by atomic mass is 35.5. The molecule has 0 aromatic rings. The number of rotatable bonds is 4. The molecule has 1 saturated carbocycles. The van der Waals surface area contributed by atoms with Gasteiger partial charge in [0, 0.05) is 51.6 Å². The molecule has 0 unspecified atom stereocenters. The third-order valence-corrected chi connectivity index (χ3v) is 6.38. The molecule has 3 aliphatic rings. The lowest BCUT2D eigenvalue weighted by Crippen LogP contribution is -2.52. The van der Waals surface area contributed by atoms with Gasteiger partial charge in [-0.2, -0.15) is 5.26 Å². The van der Waals surface area contributed by atoms with E-state index in [1.54, 1.807) is 16.7 Å². The van der Waals surface area contributed by atoms with Gasteiger partial charge >= 0.3 is 0 Å². The number of piperazine rings is 1. The molecular formula is C20H32ClN5O3. The zero-order valence-corrected chi connectivity index (χ0v) is 18.0. The topological polar surface area (TPSA) is 96.8 Å². The van der Waals surface area contributed by atoms with Crippen LogP contribution in [0.4, 0.5) is 0 Å². The molecule has 0 aromatic heterocycles. The van der Waals surface area contributed by atoms with Crippen LogP contribution in [0.25, 0.3) is 0 Å². The van der Waals surface area contributed by atoms with Crippen LogP contribution < -0.4 is 5.32 Å². The molecule has 2 heterocycles. The van der Waals surface area contributed by atoms with E-state index in [0.717, 1.165) is 38.5 Å². The molecule has 162 valence electrons. The summed E-state index contributed by atoms with van der Waals surface area (Å²) in [6.07, 6.45) is 5.12. The molecule has 1 N–H and O–H groups in total. The Bertz CT molecular complexity index is 637. The monoisotopic (exact) mass is 425 g/mol. The van der Waals surface area contributed by atoms with Gasteiger partial charge in [-0.05, 0) is 38.5 Å². The SMILES string of the molecule is CC(=O)N1CCN(C(=O)C2CCC(NCC(=O)N3CCC[C@H]3C#N)CC2)CC1.Cl. The van der Waals surface area contributed by atoms with Crippen LogP contribution in [0, 0.1) is 17.2 Å². The number of hydrogen-bond donors (Lipinski definition) is 1. The average molecular weight is 426 g/mol. The summed E-state index contributed by atoms with van der Waals surface area (Å²) in [5.74, 6) is 0.347. The number of hydrogen-bond acceptors (Lipinski definition) is 5. The van der Waals surface area contributed by atoms with Crippen molar-refractivity contribution >= 4 is 30.1 Å². The summed E-state index contributed by atoms with van der Waals surface area (Å²) >= 11 is 0. The van der Waals surface area contributed by atoms with Crippen LogP contribution in [0.2, 0.25) is 0 Å². The van der Waals surface area contributed by atoms with Gasteiger partial charge in [0.2, 0.25) is 17.7 Å². The summed E-state index contributed by atoms with van der Waals surface area (Å²) in [5, 5.41) is 12.4. The first-order valence-electron chi connectivity index (χ1n) is 10.5. The smallest absolute Gasteiger partial charge is 0.237 e. The minimum Gasteiger partial charge on any atom is -0.339 e. The molecule has 1 aliphatic carbocycles. The second-order valence-corrected chi connectivity index (χ2v) is 8.14. The van der Waals surface area contributed by atoms with Gasteiger partial charge in [0.15, 0.2) is 0 Å². The molecule has 0 spiro atoms. The average Bonchev–Trinajstić information content (AvgIpc) is 3.21. The second-order valence-electron chi connectivity index (χ2n) is 8.14. The standard InChI is InChI=1S/C20H31N5O3.ClH/c1-15(26)23-9-11-24(12-10-23)20(28)16-4-6-17(7-5-16)22-14-19(27)25-8-2-3-18(25)13-21;/h16-18,22H,2-12,14H2,1H3;1H/t16?,17?,18-;/m0./s1. The summed E-state index contributed by atoms with van der Waals surface area (Å²) in [6, 6.07) is 2.19. The first kappa shape index (κ1) is 23.4. The summed E-state index contributed by atoms with van der Waals surface area (Å²) in [5.41, 5.74) is 0. The van der Waals surface area contributed by atoms with Gasteiger partial charge in [-0.1, -0.05) is 0 Å². The van der Waals surface area contributed by atoms with Crippen LogP contribution in [0.1, 0.15) is 45.4 Å². The van der Waals surface area contributed by atoms with Crippen molar-refractivity contribution < 1.29 is 14.4 Å². The number of amides is 3. The van der Waals surface area contributed by atoms with Gasteiger partial charge in [0.1, 0.15) is 6.04 Å². The predicted molar refractivity (Wildman–Crippen MR) is 110 cm³/mol. The van der Waals surface area contributed by atoms with E-state index in [4.69, 9.17) is 5.26 Å². The largest absolute Gasteiger partial charge is 0.339 e. The fourth-order valence-corrected chi connectivity index (χ4v) is 4.58. The summed E-state index contributed by atoms with van der Waals surface area (Å²) in [7, 11) is 0. The quantitative estimate of drug-likeness (QED) is 0.717. The van der Waals surface area contributed by atoms with Crippen LogP contribution in [0.5, 0.6) is 0 Å². The van der Waals surface area contributed by atoms with E-state index < -0.39 is 0 Å². The number of nitriles is 1. The minimum atomic E-state index is -0.272. The first-order chi connectivity index (χ1) is 13.5. The van der Waals surface area contributed by atoms with Crippen molar-refractivity contribution in [1.29, 1.82) is 5.26 Å². The van der Waals surface area contributed by atoms with Crippen molar-refractivity contribution in [1.82, 2.24) is 20.0 Å². The van der Waals surface area contributed by atoms with Gasteiger partial charge in [0.05, 0.1) is 12.6 Å². The summed E-state index contributed by atoms with van der Waals surface area (Å²) < 4.78 is 0. The molecule has 2 aliphatic heterocycles. The number of halogens is 1. The Morgan fingerprint density at radius 3 is 2.17 bits per heavy atom. The zero-order valence-electron chi connectivity index (χ0n) is 17.1. The molecule has 0 radical (unpaired) electrons. The van der Waals surface area contributed by atoms with Crippen molar-refractivity contribution in [2.75, 3.05) is 39.3 Å². The van der Waals surface area contributed by atoms with E-state index in [1.165, 1.54) is 0 Å². The maximum absolute atomic E-state index is 12.8.